The minimum Gasteiger partial charge on any atom is -0.391 e. The van der Waals surface area contributed by atoms with Gasteiger partial charge in [0.2, 0.25) is 0 Å². The summed E-state index contributed by atoms with van der Waals surface area (Å²) in [4.78, 5) is 16.9. The minimum atomic E-state index is -0.483. The lowest BCUT2D eigenvalue weighted by molar-refractivity contribution is 0.103. The van der Waals surface area contributed by atoms with Gasteiger partial charge in [0.15, 0.2) is 0 Å². The Kier molecular flexibility index (Phi) is 6.80. The summed E-state index contributed by atoms with van der Waals surface area (Å²) < 4.78 is 0. The molecule has 1 unspecified atom stereocenters. The average molecular weight is 285 g/mol. The molecular formula is C13H23N3O2S. The van der Waals surface area contributed by atoms with Crippen molar-refractivity contribution in [1.29, 1.82) is 0 Å². The molecule has 0 fully saturated rings. The number of nitrogens with zero attached hydrogens (tertiary/aromatic N) is 1. The number of hydrogen-bond acceptors (Lipinski definition) is 4. The van der Waals surface area contributed by atoms with E-state index in [1.165, 1.54) is 0 Å². The molecule has 0 bridgehead atoms. The van der Waals surface area contributed by atoms with E-state index in [2.05, 4.69) is 15.6 Å². The van der Waals surface area contributed by atoms with Gasteiger partial charge in [0.25, 0.3) is 0 Å². The summed E-state index contributed by atoms with van der Waals surface area (Å²) in [5.41, 5.74) is 0. The number of amides is 2. The van der Waals surface area contributed by atoms with Crippen LogP contribution in [-0.2, 0) is 6.54 Å². The van der Waals surface area contributed by atoms with Crippen LogP contribution in [0.4, 0.5) is 4.79 Å². The smallest absolute Gasteiger partial charge is 0.315 e. The first kappa shape index (κ1) is 15.9. The Labute approximate surface area is 118 Å². The Hall–Kier alpha value is -1.14. The van der Waals surface area contributed by atoms with Crippen molar-refractivity contribution in [1.82, 2.24) is 15.6 Å². The lowest BCUT2D eigenvalue weighted by Crippen LogP contribution is -2.41. The van der Waals surface area contributed by atoms with Crippen LogP contribution in [0.3, 0.4) is 0 Å². The summed E-state index contributed by atoms with van der Waals surface area (Å²) >= 11 is 1.56. The number of carbonyl (C=O) groups is 1. The van der Waals surface area contributed by atoms with E-state index in [9.17, 15) is 9.90 Å². The fraction of sp³-hybridized carbons (Fsp3) is 0.692. The Morgan fingerprint density at radius 2 is 2.11 bits per heavy atom. The second kappa shape index (κ2) is 8.12. The van der Waals surface area contributed by atoms with Crippen molar-refractivity contribution in [3.8, 4) is 0 Å². The number of aliphatic hydroxyl groups is 1. The number of aliphatic hydroxyl groups excluding tert-OH is 1. The number of hydrogen-bond donors (Lipinski definition) is 3. The molecule has 108 valence electrons. The Morgan fingerprint density at radius 1 is 1.42 bits per heavy atom. The molecule has 0 radical (unpaired) electrons. The third-order valence-electron chi connectivity index (χ3n) is 3.13. The predicted octanol–water partition coefficient (Wildman–Crippen LogP) is 2.05. The number of carbonyl (C=O) groups excluding carboxylic acids is 1. The minimum absolute atomic E-state index is 0.238. The molecule has 0 aliphatic heterocycles. The van der Waals surface area contributed by atoms with E-state index in [-0.39, 0.29) is 18.5 Å². The third-order valence-corrected chi connectivity index (χ3v) is 4.05. The van der Waals surface area contributed by atoms with Gasteiger partial charge in [0.05, 0.1) is 12.6 Å². The zero-order valence-electron chi connectivity index (χ0n) is 11.8. The van der Waals surface area contributed by atoms with Gasteiger partial charge in [-0.2, -0.15) is 0 Å². The van der Waals surface area contributed by atoms with Crippen LogP contribution in [-0.4, -0.2) is 28.8 Å². The highest BCUT2D eigenvalue weighted by Gasteiger charge is 2.16. The van der Waals surface area contributed by atoms with Crippen molar-refractivity contribution in [2.24, 2.45) is 5.92 Å². The number of nitrogens with one attached hydrogen (secondary N) is 2. The number of urea groups is 1. The van der Waals surface area contributed by atoms with Crippen molar-refractivity contribution < 1.29 is 9.90 Å². The highest BCUT2D eigenvalue weighted by atomic mass is 32.1. The molecule has 2 amide bonds. The van der Waals surface area contributed by atoms with Gasteiger partial charge in [-0.3, -0.25) is 0 Å². The molecule has 0 aliphatic rings. The monoisotopic (exact) mass is 285 g/mol. The van der Waals surface area contributed by atoms with Crippen LogP contribution < -0.4 is 10.6 Å². The molecule has 5 nitrogen and oxygen atoms in total. The average Bonchev–Trinajstić information content (AvgIpc) is 2.81. The lowest BCUT2D eigenvalue weighted by atomic mass is 9.97. The first-order valence-electron chi connectivity index (χ1n) is 6.67. The summed E-state index contributed by atoms with van der Waals surface area (Å²) in [7, 11) is 0. The van der Waals surface area contributed by atoms with Crippen molar-refractivity contribution in [3.05, 3.63) is 16.1 Å². The van der Waals surface area contributed by atoms with Crippen molar-refractivity contribution in [2.75, 3.05) is 6.54 Å². The summed E-state index contributed by atoms with van der Waals surface area (Å²) in [6, 6.07) is -0.266. The van der Waals surface area contributed by atoms with Crippen LogP contribution in [0.2, 0.25) is 0 Å². The van der Waals surface area contributed by atoms with E-state index in [4.69, 9.17) is 0 Å². The maximum absolute atomic E-state index is 11.6. The molecule has 0 saturated carbocycles. The summed E-state index contributed by atoms with van der Waals surface area (Å²) in [6.45, 7) is 6.78. The maximum atomic E-state index is 11.6. The van der Waals surface area contributed by atoms with Crippen LogP contribution in [0.25, 0.3) is 0 Å². The van der Waals surface area contributed by atoms with Gasteiger partial charge in [0.1, 0.15) is 5.01 Å². The molecule has 1 rings (SSSR count). The molecule has 6 heteroatoms. The Bertz CT molecular complexity index is 391. The van der Waals surface area contributed by atoms with Crippen molar-refractivity contribution in [2.45, 2.75) is 46.3 Å². The number of thiazole rings is 1. The zero-order valence-corrected chi connectivity index (χ0v) is 12.6. The van der Waals surface area contributed by atoms with Crippen LogP contribution in [0.1, 0.15) is 36.6 Å². The van der Waals surface area contributed by atoms with Crippen molar-refractivity contribution >= 4 is 17.4 Å². The van der Waals surface area contributed by atoms with Gasteiger partial charge in [-0.25, -0.2) is 9.78 Å². The van der Waals surface area contributed by atoms with Gasteiger partial charge in [-0.1, -0.05) is 26.7 Å². The molecule has 3 N–H and O–H groups in total. The highest BCUT2D eigenvalue weighted by Crippen LogP contribution is 2.12. The fourth-order valence-electron chi connectivity index (χ4n) is 1.90. The van der Waals surface area contributed by atoms with Crippen LogP contribution in [0, 0.1) is 12.8 Å². The molecule has 1 aromatic rings. The molecule has 0 aliphatic carbocycles. The van der Waals surface area contributed by atoms with Gasteiger partial charge in [0, 0.05) is 17.6 Å². The zero-order chi connectivity index (χ0) is 14.3. The first-order chi connectivity index (χ1) is 9.06. The first-order valence-corrected chi connectivity index (χ1v) is 7.49. The Morgan fingerprint density at radius 3 is 2.63 bits per heavy atom. The van der Waals surface area contributed by atoms with Gasteiger partial charge in [-0.15, -0.1) is 11.3 Å². The lowest BCUT2D eigenvalue weighted by Gasteiger charge is -2.20. The molecule has 0 saturated heterocycles. The third kappa shape index (κ3) is 5.57. The number of rotatable bonds is 7. The van der Waals surface area contributed by atoms with Gasteiger partial charge in [-0.05, 0) is 12.8 Å². The summed E-state index contributed by atoms with van der Waals surface area (Å²) in [5.74, 6) is 0.238. The van der Waals surface area contributed by atoms with E-state index in [1.807, 2.05) is 20.8 Å². The molecule has 19 heavy (non-hydrogen) atoms. The van der Waals surface area contributed by atoms with E-state index >= 15 is 0 Å². The summed E-state index contributed by atoms with van der Waals surface area (Å²) in [6.07, 6.45) is 3.14. The number of aryl methyl sites for hydroxylation is 1. The van der Waals surface area contributed by atoms with Crippen LogP contribution in [0.5, 0.6) is 0 Å². The van der Waals surface area contributed by atoms with Gasteiger partial charge < -0.3 is 15.7 Å². The molecule has 1 heterocycles. The molecule has 1 atom stereocenters. The quantitative estimate of drug-likeness (QED) is 0.718. The normalized spacial score (nSPS) is 12.5. The Balaban J connectivity index is 2.24. The van der Waals surface area contributed by atoms with E-state index in [1.54, 1.807) is 17.5 Å². The highest BCUT2D eigenvalue weighted by molar-refractivity contribution is 7.11. The van der Waals surface area contributed by atoms with Crippen LogP contribution in [0.15, 0.2) is 6.20 Å². The maximum Gasteiger partial charge on any atom is 0.315 e. The van der Waals surface area contributed by atoms with Crippen LogP contribution >= 0.6 is 11.3 Å². The van der Waals surface area contributed by atoms with E-state index < -0.39 is 6.10 Å². The molecular weight excluding hydrogens is 262 g/mol. The van der Waals surface area contributed by atoms with Gasteiger partial charge >= 0.3 is 6.03 Å². The predicted molar refractivity (Wildman–Crippen MR) is 77.2 cm³/mol. The van der Waals surface area contributed by atoms with Crippen molar-refractivity contribution in [3.63, 3.8) is 0 Å². The van der Waals surface area contributed by atoms with E-state index in [0.29, 0.717) is 6.54 Å². The number of aromatic nitrogens is 1. The fourth-order valence-corrected chi connectivity index (χ4v) is 2.63. The topological polar surface area (TPSA) is 74.2 Å². The largest absolute Gasteiger partial charge is 0.391 e. The standard InChI is InChI=1S/C13H23N3O2S/c1-4-10(5-2)11(17)7-15-13(18)16-8-12-14-6-9(3)19-12/h6,10-11,17H,4-5,7-8H2,1-3H3,(H2,15,16,18). The molecule has 1 aromatic heterocycles. The summed E-state index contributed by atoms with van der Waals surface area (Å²) in [5, 5.41) is 16.2. The second-order valence-corrected chi connectivity index (χ2v) is 5.89. The SMILES string of the molecule is CCC(CC)C(O)CNC(=O)NCc1ncc(C)s1. The second-order valence-electron chi connectivity index (χ2n) is 4.57. The van der Waals surface area contributed by atoms with E-state index in [0.717, 1.165) is 22.7 Å². The molecule has 0 aromatic carbocycles. The molecule has 0 spiro atoms.